The van der Waals surface area contributed by atoms with Crippen LogP contribution in [0.5, 0.6) is 5.75 Å². The van der Waals surface area contributed by atoms with E-state index in [4.69, 9.17) is 4.74 Å². The van der Waals surface area contributed by atoms with Crippen LogP contribution in [-0.2, 0) is 4.79 Å². The predicted octanol–water partition coefficient (Wildman–Crippen LogP) is 2.72. The zero-order valence-corrected chi connectivity index (χ0v) is 14.8. The maximum absolute atomic E-state index is 12.3. The third kappa shape index (κ3) is 4.51. The maximum atomic E-state index is 12.3. The van der Waals surface area contributed by atoms with Crippen LogP contribution in [-0.4, -0.2) is 39.1 Å². The molecule has 2 aromatic heterocycles. The van der Waals surface area contributed by atoms with E-state index in [9.17, 15) is 4.79 Å². The third-order valence-corrected chi connectivity index (χ3v) is 4.35. The van der Waals surface area contributed by atoms with Gasteiger partial charge in [0.25, 0.3) is 5.91 Å². The van der Waals surface area contributed by atoms with E-state index in [0.29, 0.717) is 5.75 Å². The van der Waals surface area contributed by atoms with E-state index in [2.05, 4.69) is 15.5 Å². The van der Waals surface area contributed by atoms with Crippen molar-refractivity contribution in [2.45, 2.75) is 12.5 Å². The molecule has 0 spiro atoms. The molecule has 130 valence electrons. The minimum atomic E-state index is -0.211. The Morgan fingerprint density at radius 1 is 1.20 bits per heavy atom. The van der Waals surface area contributed by atoms with Gasteiger partial charge in [0.15, 0.2) is 18.1 Å². The molecule has 0 bridgehead atoms. The number of hydrogen-bond donors (Lipinski definition) is 1. The number of pyridine rings is 1. The molecule has 0 saturated carbocycles. The number of hydrogen-bond acceptors (Lipinski definition) is 5. The highest BCUT2D eigenvalue weighted by Gasteiger charge is 2.20. The van der Waals surface area contributed by atoms with Crippen LogP contribution in [0.3, 0.4) is 0 Å². The fraction of sp³-hybridized carbons (Fsp3) is 0.278. The van der Waals surface area contributed by atoms with Crippen LogP contribution in [0.25, 0.3) is 5.65 Å². The number of ether oxygens (including phenoxy) is 1. The average Bonchev–Trinajstić information content (AvgIpc) is 3.08. The Hall–Kier alpha value is -2.54. The molecule has 3 rings (SSSR count). The van der Waals surface area contributed by atoms with Crippen LogP contribution in [0.2, 0.25) is 0 Å². The summed E-state index contributed by atoms with van der Waals surface area (Å²) in [4.78, 5) is 12.3. The maximum Gasteiger partial charge on any atom is 0.258 e. The molecular formula is C18H20N4O2S. The molecule has 7 heteroatoms. The molecule has 1 aromatic carbocycles. The Morgan fingerprint density at radius 3 is 2.80 bits per heavy atom. The average molecular weight is 356 g/mol. The van der Waals surface area contributed by atoms with Crippen molar-refractivity contribution in [2.75, 3.05) is 18.6 Å². The number of nitrogens with one attached hydrogen (secondary N) is 1. The van der Waals surface area contributed by atoms with Gasteiger partial charge in [-0.05, 0) is 42.7 Å². The molecule has 0 aliphatic carbocycles. The number of carbonyl (C=O) groups is 1. The van der Waals surface area contributed by atoms with Gasteiger partial charge in [-0.15, -0.1) is 10.2 Å². The van der Waals surface area contributed by atoms with E-state index in [1.165, 1.54) is 0 Å². The Labute approximate surface area is 150 Å². The standard InChI is InChI=1S/C18H20N4O2S/c1-25-12-10-15(18-21-20-16-9-5-6-11-22(16)18)19-17(23)13-24-14-7-3-2-4-8-14/h2-9,11,15H,10,12-13H2,1H3,(H,19,23)/t15-/m1/s1. The van der Waals surface area contributed by atoms with Crippen molar-refractivity contribution in [3.8, 4) is 5.75 Å². The van der Waals surface area contributed by atoms with Gasteiger partial charge in [-0.2, -0.15) is 11.8 Å². The first-order chi connectivity index (χ1) is 12.3. The van der Waals surface area contributed by atoms with Gasteiger partial charge in [0.1, 0.15) is 5.75 Å². The lowest BCUT2D eigenvalue weighted by Gasteiger charge is -2.17. The first-order valence-corrected chi connectivity index (χ1v) is 9.43. The summed E-state index contributed by atoms with van der Waals surface area (Å²) in [7, 11) is 0. The molecule has 1 amide bonds. The van der Waals surface area contributed by atoms with E-state index in [0.717, 1.165) is 23.6 Å². The molecule has 0 aliphatic rings. The van der Waals surface area contributed by atoms with E-state index in [-0.39, 0.29) is 18.6 Å². The van der Waals surface area contributed by atoms with Gasteiger partial charge in [-0.3, -0.25) is 9.20 Å². The fourth-order valence-corrected chi connectivity index (χ4v) is 2.97. The normalized spacial score (nSPS) is 12.0. The van der Waals surface area contributed by atoms with Crippen molar-refractivity contribution < 1.29 is 9.53 Å². The van der Waals surface area contributed by atoms with Gasteiger partial charge in [-0.1, -0.05) is 24.3 Å². The summed E-state index contributed by atoms with van der Waals surface area (Å²) >= 11 is 1.73. The quantitative estimate of drug-likeness (QED) is 0.672. The second-order valence-electron chi connectivity index (χ2n) is 5.49. The largest absolute Gasteiger partial charge is 0.484 e. The Balaban J connectivity index is 1.69. The first-order valence-electron chi connectivity index (χ1n) is 8.03. The van der Waals surface area contributed by atoms with Gasteiger partial charge in [0.2, 0.25) is 0 Å². The smallest absolute Gasteiger partial charge is 0.258 e. The molecule has 1 atom stereocenters. The number of fused-ring (bicyclic) bond motifs is 1. The van der Waals surface area contributed by atoms with Crippen LogP contribution in [0.4, 0.5) is 0 Å². The van der Waals surface area contributed by atoms with Crippen molar-refractivity contribution in [3.05, 3.63) is 60.6 Å². The van der Waals surface area contributed by atoms with Crippen LogP contribution >= 0.6 is 11.8 Å². The molecule has 6 nitrogen and oxygen atoms in total. The summed E-state index contributed by atoms with van der Waals surface area (Å²) in [6, 6.07) is 14.8. The SMILES string of the molecule is CSCC[C@@H](NC(=O)COc1ccccc1)c1nnc2ccccn12. The van der Waals surface area contributed by atoms with Crippen molar-refractivity contribution in [2.24, 2.45) is 0 Å². The van der Waals surface area contributed by atoms with Gasteiger partial charge < -0.3 is 10.1 Å². The molecule has 0 aliphatic heterocycles. The van der Waals surface area contributed by atoms with E-state index >= 15 is 0 Å². The van der Waals surface area contributed by atoms with Crippen molar-refractivity contribution in [1.29, 1.82) is 0 Å². The van der Waals surface area contributed by atoms with E-state index < -0.39 is 0 Å². The first kappa shape index (κ1) is 17.3. The summed E-state index contributed by atoms with van der Waals surface area (Å²) in [6.45, 7) is -0.0312. The molecule has 0 radical (unpaired) electrons. The number of benzene rings is 1. The Morgan fingerprint density at radius 2 is 2.00 bits per heavy atom. The minimum Gasteiger partial charge on any atom is -0.484 e. The zero-order valence-electron chi connectivity index (χ0n) is 14.0. The van der Waals surface area contributed by atoms with E-state index in [1.807, 2.05) is 65.4 Å². The highest BCUT2D eigenvalue weighted by Crippen LogP contribution is 2.18. The molecule has 25 heavy (non-hydrogen) atoms. The van der Waals surface area contributed by atoms with Crippen molar-refractivity contribution >= 4 is 23.3 Å². The van der Waals surface area contributed by atoms with Gasteiger partial charge in [0.05, 0.1) is 6.04 Å². The lowest BCUT2D eigenvalue weighted by atomic mass is 10.2. The summed E-state index contributed by atoms with van der Waals surface area (Å²) in [5.74, 6) is 2.14. The number of thioether (sulfide) groups is 1. The van der Waals surface area contributed by atoms with Crippen LogP contribution < -0.4 is 10.1 Å². The van der Waals surface area contributed by atoms with E-state index in [1.54, 1.807) is 11.8 Å². The summed E-state index contributed by atoms with van der Waals surface area (Å²) in [5.41, 5.74) is 0.765. The summed E-state index contributed by atoms with van der Waals surface area (Å²) in [5, 5.41) is 11.5. The Kier molecular flexibility index (Phi) is 5.90. The van der Waals surface area contributed by atoms with Crippen molar-refractivity contribution in [1.82, 2.24) is 19.9 Å². The Bertz CT molecular complexity index is 822. The minimum absolute atomic E-state index is 0.0312. The number of nitrogens with zero attached hydrogens (tertiary/aromatic N) is 3. The lowest BCUT2D eigenvalue weighted by Crippen LogP contribution is -2.34. The number of amides is 1. The molecule has 0 unspecified atom stereocenters. The second-order valence-corrected chi connectivity index (χ2v) is 6.48. The van der Waals surface area contributed by atoms with Crippen LogP contribution in [0.15, 0.2) is 54.7 Å². The highest BCUT2D eigenvalue weighted by molar-refractivity contribution is 7.98. The molecule has 0 fully saturated rings. The number of para-hydroxylation sites is 1. The molecule has 2 heterocycles. The van der Waals surface area contributed by atoms with Crippen LogP contribution in [0, 0.1) is 0 Å². The lowest BCUT2D eigenvalue weighted by molar-refractivity contribution is -0.123. The second kappa shape index (κ2) is 8.53. The molecular weight excluding hydrogens is 336 g/mol. The number of aromatic nitrogens is 3. The fourth-order valence-electron chi connectivity index (χ4n) is 2.50. The molecule has 1 N–H and O–H groups in total. The van der Waals surface area contributed by atoms with Gasteiger partial charge in [0, 0.05) is 6.20 Å². The van der Waals surface area contributed by atoms with Gasteiger partial charge in [-0.25, -0.2) is 0 Å². The molecule has 0 saturated heterocycles. The number of carbonyl (C=O) groups excluding carboxylic acids is 1. The monoisotopic (exact) mass is 356 g/mol. The highest BCUT2D eigenvalue weighted by atomic mass is 32.2. The van der Waals surface area contributed by atoms with Crippen LogP contribution in [0.1, 0.15) is 18.3 Å². The topological polar surface area (TPSA) is 68.5 Å². The zero-order chi connectivity index (χ0) is 17.5. The third-order valence-electron chi connectivity index (χ3n) is 3.71. The summed E-state index contributed by atoms with van der Waals surface area (Å²) < 4.78 is 7.42. The number of rotatable bonds is 8. The summed E-state index contributed by atoms with van der Waals surface area (Å²) in [6.07, 6.45) is 4.72. The molecule has 3 aromatic rings. The van der Waals surface area contributed by atoms with Crippen molar-refractivity contribution in [3.63, 3.8) is 0 Å². The predicted molar refractivity (Wildman–Crippen MR) is 98.8 cm³/mol. The van der Waals surface area contributed by atoms with Gasteiger partial charge >= 0.3 is 0 Å².